The summed E-state index contributed by atoms with van der Waals surface area (Å²) in [7, 11) is 1.45. The van der Waals surface area contributed by atoms with Gasteiger partial charge in [0.15, 0.2) is 6.10 Å². The Hall–Kier alpha value is -1.77. The maximum absolute atomic E-state index is 12.7. The Morgan fingerprint density at radius 2 is 1.00 bits per heavy atom. The van der Waals surface area contributed by atoms with Crippen LogP contribution in [-0.2, 0) is 32.7 Å². The Morgan fingerprint density at radius 3 is 1.54 bits per heavy atom. The van der Waals surface area contributed by atoms with E-state index >= 15 is 0 Å². The molecule has 0 aromatic heterocycles. The minimum absolute atomic E-state index is 0.0250. The fraction of sp³-hybridized carbons (Fsp3) is 0.818. The minimum atomic E-state index is -4.38. The molecule has 0 heterocycles. The second kappa shape index (κ2) is 36.8. The number of carbonyl (C=O) groups is 2. The molecule has 0 amide bonds. The first kappa shape index (κ1) is 52.2. The van der Waals surface area contributed by atoms with Gasteiger partial charge in [-0.25, -0.2) is 4.57 Å². The first-order valence-electron chi connectivity index (χ1n) is 21.7. The molecular weight excluding hydrogens is 701 g/mol. The van der Waals surface area contributed by atoms with E-state index in [9.17, 15) is 19.0 Å². The van der Waals surface area contributed by atoms with Gasteiger partial charge in [-0.15, -0.1) is 0 Å². The number of nitrogens with zero attached hydrogens (tertiary/aromatic N) is 1. The van der Waals surface area contributed by atoms with Crippen molar-refractivity contribution < 1.29 is 42.1 Å². The molecule has 0 rings (SSSR count). The van der Waals surface area contributed by atoms with Crippen LogP contribution >= 0.6 is 7.82 Å². The van der Waals surface area contributed by atoms with Gasteiger partial charge in [-0.2, -0.15) is 0 Å². The molecule has 0 saturated heterocycles. The fourth-order valence-corrected chi connectivity index (χ4v) is 6.43. The molecule has 9 nitrogen and oxygen atoms in total. The predicted molar refractivity (Wildman–Crippen MR) is 224 cm³/mol. The van der Waals surface area contributed by atoms with Crippen molar-refractivity contribution in [2.24, 2.45) is 0 Å². The Balaban J connectivity index is 4.43. The molecule has 0 aliphatic heterocycles. The number of carbonyl (C=O) groups excluding carboxylic acids is 2. The smallest absolute Gasteiger partial charge is 0.462 e. The van der Waals surface area contributed by atoms with Crippen LogP contribution in [0, 0.1) is 0 Å². The Kier molecular flexibility index (Phi) is 35.6. The van der Waals surface area contributed by atoms with Crippen molar-refractivity contribution in [1.29, 1.82) is 0 Å². The summed E-state index contributed by atoms with van der Waals surface area (Å²) in [5.74, 6) is -0.841. The SMILES string of the molecule is CCCCCC/C=C/CCCCCCCCCC(=O)OC[C@H](COP(=O)(O)OCC[N+](C)(C)C)OC(=O)CCCC/C=C/C/C=C/CCCCCCCC. The van der Waals surface area contributed by atoms with E-state index in [1.807, 2.05) is 21.1 Å². The van der Waals surface area contributed by atoms with Crippen LogP contribution in [0.3, 0.4) is 0 Å². The number of ether oxygens (including phenoxy) is 2. The lowest BCUT2D eigenvalue weighted by atomic mass is 10.1. The van der Waals surface area contributed by atoms with E-state index < -0.39 is 26.5 Å². The number of hydrogen-bond acceptors (Lipinski definition) is 7. The van der Waals surface area contributed by atoms with Gasteiger partial charge >= 0.3 is 19.8 Å². The highest BCUT2D eigenvalue weighted by Crippen LogP contribution is 2.43. The van der Waals surface area contributed by atoms with Crippen LogP contribution in [-0.4, -0.2) is 74.9 Å². The molecule has 0 aliphatic rings. The van der Waals surface area contributed by atoms with E-state index in [0.717, 1.165) is 57.8 Å². The molecule has 0 saturated carbocycles. The zero-order chi connectivity index (χ0) is 40.0. The average Bonchev–Trinajstić information content (AvgIpc) is 3.12. The van der Waals surface area contributed by atoms with Crippen LogP contribution in [0.25, 0.3) is 0 Å². The van der Waals surface area contributed by atoms with Crippen LogP contribution in [0.5, 0.6) is 0 Å². The number of hydrogen-bond donors (Lipinski definition) is 1. The molecule has 0 aliphatic carbocycles. The second-order valence-electron chi connectivity index (χ2n) is 15.7. The normalized spacial score (nSPS) is 14.0. The van der Waals surface area contributed by atoms with Crippen molar-refractivity contribution in [3.63, 3.8) is 0 Å². The lowest BCUT2D eigenvalue weighted by Crippen LogP contribution is -2.37. The van der Waals surface area contributed by atoms with E-state index in [4.69, 9.17) is 18.5 Å². The Labute approximate surface area is 331 Å². The predicted octanol–water partition coefficient (Wildman–Crippen LogP) is 12.1. The van der Waals surface area contributed by atoms with E-state index in [1.165, 1.54) is 89.9 Å². The molecule has 0 fully saturated rings. The van der Waals surface area contributed by atoms with Crippen LogP contribution in [0.1, 0.15) is 181 Å². The molecule has 0 bridgehead atoms. The van der Waals surface area contributed by atoms with Gasteiger partial charge in [-0.05, 0) is 70.6 Å². The molecular formula is C44H83NO8P+. The summed E-state index contributed by atoms with van der Waals surface area (Å²) in [5.41, 5.74) is 0. The van der Waals surface area contributed by atoms with Gasteiger partial charge in [-0.3, -0.25) is 18.6 Å². The number of unbranched alkanes of at least 4 members (excludes halogenated alkanes) is 19. The number of rotatable bonds is 39. The maximum atomic E-state index is 12.7. The molecule has 0 aromatic rings. The summed E-state index contributed by atoms with van der Waals surface area (Å²) < 4.78 is 34.2. The van der Waals surface area contributed by atoms with Gasteiger partial charge in [0.25, 0.3) is 0 Å². The zero-order valence-corrected chi connectivity index (χ0v) is 36.3. The minimum Gasteiger partial charge on any atom is -0.462 e. The van der Waals surface area contributed by atoms with Gasteiger partial charge in [0.1, 0.15) is 19.8 Å². The summed E-state index contributed by atoms with van der Waals surface area (Å²) >= 11 is 0. The van der Waals surface area contributed by atoms with Crippen molar-refractivity contribution in [2.45, 2.75) is 187 Å². The second-order valence-corrected chi connectivity index (χ2v) is 17.2. The summed E-state index contributed by atoms with van der Waals surface area (Å²) in [6.07, 6.45) is 40.5. The van der Waals surface area contributed by atoms with Crippen molar-refractivity contribution in [3.8, 4) is 0 Å². The number of quaternary nitrogens is 1. The third kappa shape index (κ3) is 39.9. The van der Waals surface area contributed by atoms with Crippen molar-refractivity contribution in [1.82, 2.24) is 0 Å². The third-order valence-electron chi connectivity index (χ3n) is 9.14. The van der Waals surface area contributed by atoms with Gasteiger partial charge < -0.3 is 18.9 Å². The molecule has 10 heteroatoms. The van der Waals surface area contributed by atoms with Gasteiger partial charge in [-0.1, -0.05) is 134 Å². The molecule has 316 valence electrons. The van der Waals surface area contributed by atoms with Crippen LogP contribution < -0.4 is 0 Å². The van der Waals surface area contributed by atoms with Crippen molar-refractivity contribution >= 4 is 19.8 Å². The standard InChI is InChI=1S/C44H82NO8P/c1-6-8-10-12-14-16-18-20-22-24-26-28-30-32-34-36-43(46)50-40-42(41-52-54(48,49)51-39-38-45(3,4)5)53-44(47)37-35-33-31-29-27-25-23-21-19-17-15-13-11-9-7-2/h16,18,21,23,27,29,42H,6-15,17,19-20,22,24-26,28,30-41H2,1-5H3/p+1/b18-16+,23-21+,29-27+/t42-/m1/s1. The maximum Gasteiger partial charge on any atom is 0.472 e. The first-order valence-corrected chi connectivity index (χ1v) is 23.2. The quantitative estimate of drug-likeness (QED) is 0.0216. The summed E-state index contributed by atoms with van der Waals surface area (Å²) in [4.78, 5) is 35.3. The molecule has 0 radical (unpaired) electrons. The molecule has 0 spiro atoms. The highest BCUT2D eigenvalue weighted by atomic mass is 31.2. The largest absolute Gasteiger partial charge is 0.472 e. The van der Waals surface area contributed by atoms with Gasteiger partial charge in [0.05, 0.1) is 27.7 Å². The lowest BCUT2D eigenvalue weighted by Gasteiger charge is -2.24. The van der Waals surface area contributed by atoms with E-state index in [-0.39, 0.29) is 32.0 Å². The zero-order valence-electron chi connectivity index (χ0n) is 35.5. The highest BCUT2D eigenvalue weighted by molar-refractivity contribution is 7.47. The molecule has 1 N–H and O–H groups in total. The van der Waals surface area contributed by atoms with E-state index in [2.05, 4.69) is 50.3 Å². The van der Waals surface area contributed by atoms with Crippen molar-refractivity contribution in [2.75, 3.05) is 47.5 Å². The van der Waals surface area contributed by atoms with E-state index in [0.29, 0.717) is 17.4 Å². The molecule has 2 atom stereocenters. The average molecular weight is 785 g/mol. The summed E-state index contributed by atoms with van der Waals surface area (Å²) in [6, 6.07) is 0. The monoisotopic (exact) mass is 785 g/mol. The summed E-state index contributed by atoms with van der Waals surface area (Å²) in [6.45, 7) is 4.36. The molecule has 54 heavy (non-hydrogen) atoms. The fourth-order valence-electron chi connectivity index (χ4n) is 5.68. The van der Waals surface area contributed by atoms with Crippen molar-refractivity contribution in [3.05, 3.63) is 36.5 Å². The number of esters is 2. The summed E-state index contributed by atoms with van der Waals surface area (Å²) in [5, 5.41) is 0. The number of phosphoric acid groups is 1. The Morgan fingerprint density at radius 1 is 0.574 bits per heavy atom. The van der Waals surface area contributed by atoms with Crippen LogP contribution in [0.2, 0.25) is 0 Å². The van der Waals surface area contributed by atoms with Crippen LogP contribution in [0.4, 0.5) is 0 Å². The molecule has 0 aromatic carbocycles. The highest BCUT2D eigenvalue weighted by Gasteiger charge is 2.27. The topological polar surface area (TPSA) is 108 Å². The van der Waals surface area contributed by atoms with E-state index in [1.54, 1.807) is 0 Å². The van der Waals surface area contributed by atoms with Gasteiger partial charge in [0, 0.05) is 12.8 Å². The van der Waals surface area contributed by atoms with Crippen LogP contribution in [0.15, 0.2) is 36.5 Å². The third-order valence-corrected chi connectivity index (χ3v) is 10.1. The van der Waals surface area contributed by atoms with Gasteiger partial charge in [0.2, 0.25) is 0 Å². The molecule has 1 unspecified atom stereocenters. The number of allylic oxidation sites excluding steroid dienone is 6. The lowest BCUT2D eigenvalue weighted by molar-refractivity contribution is -0.870. The number of phosphoric ester groups is 1. The first-order chi connectivity index (χ1) is 26.0. The number of likely N-dealkylation sites (N-methyl/N-ethyl adjacent to an activating group) is 1. The Bertz CT molecular complexity index is 1020.